The maximum absolute atomic E-state index is 12.6. The number of hydrogen-bond donors (Lipinski definition) is 1. The largest absolute Gasteiger partial charge is 0.331 e. The molecule has 1 saturated heterocycles. The number of piperidine rings is 1. The molecule has 0 aliphatic carbocycles. The van der Waals surface area contributed by atoms with Crippen LogP contribution in [-0.2, 0) is 4.79 Å². The third-order valence-electron chi connectivity index (χ3n) is 4.16. The molecule has 0 aromatic carbocycles. The zero-order valence-corrected chi connectivity index (χ0v) is 15.9. The molecule has 7 nitrogen and oxygen atoms in total. The van der Waals surface area contributed by atoms with Crippen LogP contribution in [0.15, 0.2) is 36.0 Å². The van der Waals surface area contributed by atoms with E-state index in [1.165, 1.54) is 11.3 Å². The fraction of sp³-hybridized carbons (Fsp3) is 0.444. The molecule has 0 spiro atoms. The number of likely N-dealkylation sites (N-methyl/N-ethyl adjacent to an activating group) is 1. The number of likely N-dealkylation sites (tertiary alicyclic amines) is 1. The maximum Gasteiger partial charge on any atom is 0.246 e. The molecule has 1 aliphatic rings. The fourth-order valence-electron chi connectivity index (χ4n) is 2.92. The van der Waals surface area contributed by atoms with Crippen LogP contribution in [0.2, 0.25) is 0 Å². The number of nitrogens with one attached hydrogen (secondary N) is 1. The van der Waals surface area contributed by atoms with E-state index in [2.05, 4.69) is 20.3 Å². The van der Waals surface area contributed by atoms with Crippen LogP contribution >= 0.6 is 11.3 Å². The van der Waals surface area contributed by atoms with Crippen molar-refractivity contribution in [2.24, 2.45) is 0 Å². The van der Waals surface area contributed by atoms with Crippen LogP contribution in [0.3, 0.4) is 0 Å². The van der Waals surface area contributed by atoms with Gasteiger partial charge in [-0.1, -0.05) is 6.08 Å². The Morgan fingerprint density at radius 3 is 2.96 bits per heavy atom. The molecule has 8 heteroatoms. The van der Waals surface area contributed by atoms with Gasteiger partial charge in [0, 0.05) is 36.9 Å². The second-order valence-corrected chi connectivity index (χ2v) is 7.34. The van der Waals surface area contributed by atoms with Gasteiger partial charge < -0.3 is 15.1 Å². The summed E-state index contributed by atoms with van der Waals surface area (Å²) >= 11 is 1.51. The number of anilines is 2. The summed E-state index contributed by atoms with van der Waals surface area (Å²) in [7, 11) is 3.97. The molecular weight excluding hydrogens is 348 g/mol. The zero-order valence-electron chi connectivity index (χ0n) is 15.1. The molecule has 0 radical (unpaired) electrons. The van der Waals surface area contributed by atoms with Gasteiger partial charge in [-0.3, -0.25) is 4.79 Å². The number of carbonyl (C=O) groups is 1. The summed E-state index contributed by atoms with van der Waals surface area (Å²) in [6.45, 7) is 1.53. The third kappa shape index (κ3) is 4.86. The topological polar surface area (TPSA) is 74.2 Å². The van der Waals surface area contributed by atoms with Crippen molar-refractivity contribution in [2.45, 2.75) is 25.3 Å². The molecule has 3 rings (SSSR count). The van der Waals surface area contributed by atoms with E-state index in [-0.39, 0.29) is 11.9 Å². The molecule has 0 unspecified atom stereocenters. The van der Waals surface area contributed by atoms with Crippen molar-refractivity contribution >= 4 is 28.3 Å². The van der Waals surface area contributed by atoms with Crippen molar-refractivity contribution in [1.82, 2.24) is 24.8 Å². The lowest BCUT2D eigenvalue weighted by atomic mass is 10.00. The molecule has 2 aromatic heterocycles. The zero-order chi connectivity index (χ0) is 18.4. The monoisotopic (exact) mass is 372 g/mol. The van der Waals surface area contributed by atoms with Crippen molar-refractivity contribution in [3.63, 3.8) is 0 Å². The molecule has 26 heavy (non-hydrogen) atoms. The summed E-state index contributed by atoms with van der Waals surface area (Å²) in [5, 5.41) is 5.88. The van der Waals surface area contributed by atoms with E-state index in [0.717, 1.165) is 43.2 Å². The minimum atomic E-state index is 0.0312. The third-order valence-corrected chi connectivity index (χ3v) is 4.94. The Morgan fingerprint density at radius 1 is 1.38 bits per heavy atom. The lowest BCUT2D eigenvalue weighted by Crippen LogP contribution is -2.37. The molecule has 1 amide bonds. The number of rotatable bonds is 6. The van der Waals surface area contributed by atoms with Crippen LogP contribution in [-0.4, -0.2) is 57.8 Å². The van der Waals surface area contributed by atoms with Crippen LogP contribution in [0.1, 0.15) is 31.0 Å². The smallest absolute Gasteiger partial charge is 0.246 e. The normalized spacial score (nSPS) is 17.8. The van der Waals surface area contributed by atoms with Gasteiger partial charge in [-0.15, -0.1) is 11.3 Å². The highest BCUT2D eigenvalue weighted by Crippen LogP contribution is 2.33. The van der Waals surface area contributed by atoms with Crippen LogP contribution in [0.25, 0.3) is 0 Å². The predicted octanol–water partition coefficient (Wildman–Crippen LogP) is 2.85. The number of thiazole rings is 1. The lowest BCUT2D eigenvalue weighted by molar-refractivity contribution is -0.129. The molecule has 1 aliphatic heterocycles. The van der Waals surface area contributed by atoms with Gasteiger partial charge in [0.05, 0.1) is 11.7 Å². The van der Waals surface area contributed by atoms with E-state index >= 15 is 0 Å². The van der Waals surface area contributed by atoms with Crippen LogP contribution in [0.4, 0.5) is 11.1 Å². The minimum Gasteiger partial charge on any atom is -0.331 e. The highest BCUT2D eigenvalue weighted by atomic mass is 32.1. The molecule has 0 saturated carbocycles. The second kappa shape index (κ2) is 8.86. The van der Waals surface area contributed by atoms with Crippen LogP contribution in [0, 0.1) is 0 Å². The SMILES string of the molecule is CN(C)C/C=C/C(=O)N1CCCC[C@@H]1c1csc(Nc2ncccn2)n1. The standard InChI is InChI=1S/C18H24N6OS/c1-23(2)11-5-8-16(25)24-12-4-3-7-15(24)14-13-26-18(21-14)22-17-19-9-6-10-20-17/h5-6,8-10,13,15H,3-4,7,11-12H2,1-2H3,(H,19,20,21,22)/b8-5+/t15-/m1/s1. The predicted molar refractivity (Wildman–Crippen MR) is 103 cm³/mol. The molecule has 1 atom stereocenters. The van der Waals surface area contributed by atoms with E-state index in [9.17, 15) is 4.79 Å². The quantitative estimate of drug-likeness (QED) is 0.786. The first-order chi connectivity index (χ1) is 12.6. The van der Waals surface area contributed by atoms with Crippen LogP contribution < -0.4 is 5.32 Å². The van der Waals surface area contributed by atoms with Crippen molar-refractivity contribution in [1.29, 1.82) is 0 Å². The molecule has 138 valence electrons. The Morgan fingerprint density at radius 2 is 2.19 bits per heavy atom. The van der Waals surface area contributed by atoms with Gasteiger partial charge in [0.25, 0.3) is 0 Å². The Kier molecular flexibility index (Phi) is 6.30. The van der Waals surface area contributed by atoms with Crippen molar-refractivity contribution in [2.75, 3.05) is 32.5 Å². The van der Waals surface area contributed by atoms with Gasteiger partial charge in [-0.05, 0) is 39.4 Å². The molecular formula is C18H24N6OS. The van der Waals surface area contributed by atoms with Gasteiger partial charge in [-0.25, -0.2) is 15.0 Å². The Bertz CT molecular complexity index is 745. The summed E-state index contributed by atoms with van der Waals surface area (Å²) in [5.74, 6) is 0.585. The van der Waals surface area contributed by atoms with Crippen molar-refractivity contribution in [3.05, 3.63) is 41.7 Å². The minimum absolute atomic E-state index is 0.0312. The summed E-state index contributed by atoms with van der Waals surface area (Å²) in [6.07, 6.45) is 10.1. The van der Waals surface area contributed by atoms with E-state index in [1.807, 2.05) is 35.4 Å². The first kappa shape index (κ1) is 18.5. The molecule has 1 fully saturated rings. The van der Waals surface area contributed by atoms with Gasteiger partial charge in [-0.2, -0.15) is 0 Å². The van der Waals surface area contributed by atoms with E-state index in [1.54, 1.807) is 24.5 Å². The van der Waals surface area contributed by atoms with Gasteiger partial charge in [0.1, 0.15) is 0 Å². The molecule has 2 aromatic rings. The molecule has 3 heterocycles. The van der Waals surface area contributed by atoms with Gasteiger partial charge >= 0.3 is 0 Å². The number of nitrogens with zero attached hydrogens (tertiary/aromatic N) is 5. The van der Waals surface area contributed by atoms with Crippen molar-refractivity contribution < 1.29 is 4.79 Å². The molecule has 0 bridgehead atoms. The average Bonchev–Trinajstić information content (AvgIpc) is 3.10. The Labute approximate surface area is 157 Å². The van der Waals surface area contributed by atoms with Gasteiger partial charge in [0.15, 0.2) is 5.13 Å². The Hall–Kier alpha value is -2.32. The molecule has 1 N–H and O–H groups in total. The van der Waals surface area contributed by atoms with Gasteiger partial charge in [0.2, 0.25) is 11.9 Å². The summed E-state index contributed by atoms with van der Waals surface area (Å²) in [6, 6.07) is 1.80. The highest BCUT2D eigenvalue weighted by Gasteiger charge is 2.28. The number of aromatic nitrogens is 3. The van der Waals surface area contributed by atoms with E-state index < -0.39 is 0 Å². The maximum atomic E-state index is 12.6. The average molecular weight is 372 g/mol. The first-order valence-corrected chi connectivity index (χ1v) is 9.63. The number of hydrogen-bond acceptors (Lipinski definition) is 7. The second-order valence-electron chi connectivity index (χ2n) is 6.48. The summed E-state index contributed by atoms with van der Waals surface area (Å²) in [5.41, 5.74) is 0.933. The van der Waals surface area contributed by atoms with E-state index in [0.29, 0.717) is 5.95 Å². The summed E-state index contributed by atoms with van der Waals surface area (Å²) < 4.78 is 0. The highest BCUT2D eigenvalue weighted by molar-refractivity contribution is 7.13. The fourth-order valence-corrected chi connectivity index (χ4v) is 3.67. The Balaban J connectivity index is 1.69. The van der Waals surface area contributed by atoms with E-state index in [4.69, 9.17) is 0 Å². The lowest BCUT2D eigenvalue weighted by Gasteiger charge is -2.34. The number of carbonyl (C=O) groups excluding carboxylic acids is 1. The van der Waals surface area contributed by atoms with Crippen molar-refractivity contribution in [3.8, 4) is 0 Å². The summed E-state index contributed by atoms with van der Waals surface area (Å²) in [4.78, 5) is 29.6. The van der Waals surface area contributed by atoms with Crippen LogP contribution in [0.5, 0.6) is 0 Å². The first-order valence-electron chi connectivity index (χ1n) is 8.75. The number of amides is 1.